The third-order valence-electron chi connectivity index (χ3n) is 4.72. The van der Waals surface area contributed by atoms with E-state index in [2.05, 4.69) is 0 Å². The number of hydrogen-bond acceptors (Lipinski definition) is 5. The molecule has 1 heterocycles. The van der Waals surface area contributed by atoms with Crippen LogP contribution in [0.3, 0.4) is 0 Å². The van der Waals surface area contributed by atoms with Crippen molar-refractivity contribution >= 4 is 10.0 Å². The Labute approximate surface area is 169 Å². The molecule has 0 aliphatic carbocycles. The number of halogens is 2. The quantitative estimate of drug-likeness (QED) is 0.734. The topological polar surface area (TPSA) is 70.1 Å². The van der Waals surface area contributed by atoms with Crippen LogP contribution in [0.15, 0.2) is 53.4 Å². The van der Waals surface area contributed by atoms with Crippen molar-refractivity contribution in [1.29, 1.82) is 0 Å². The number of aliphatic hydroxyl groups excluding tert-OH is 1. The Bertz CT molecular complexity index is 892. The molecule has 3 rings (SSSR count). The Morgan fingerprint density at radius 1 is 0.931 bits per heavy atom. The van der Waals surface area contributed by atoms with Crippen LogP contribution in [0.2, 0.25) is 0 Å². The van der Waals surface area contributed by atoms with Gasteiger partial charge in [-0.15, -0.1) is 0 Å². The molecule has 0 spiro atoms. The van der Waals surface area contributed by atoms with Gasteiger partial charge in [-0.3, -0.25) is 4.90 Å². The van der Waals surface area contributed by atoms with Gasteiger partial charge in [-0.2, -0.15) is 4.31 Å². The molecule has 29 heavy (non-hydrogen) atoms. The first kappa shape index (κ1) is 21.6. The van der Waals surface area contributed by atoms with Gasteiger partial charge in [0.2, 0.25) is 10.0 Å². The summed E-state index contributed by atoms with van der Waals surface area (Å²) in [6, 6.07) is 10.4. The maximum absolute atomic E-state index is 13.1. The van der Waals surface area contributed by atoms with E-state index >= 15 is 0 Å². The van der Waals surface area contributed by atoms with E-state index < -0.39 is 21.9 Å². The van der Waals surface area contributed by atoms with Gasteiger partial charge in [-0.25, -0.2) is 17.2 Å². The van der Waals surface area contributed by atoms with Crippen LogP contribution in [0.25, 0.3) is 0 Å². The van der Waals surface area contributed by atoms with Crippen molar-refractivity contribution in [3.05, 3.63) is 60.2 Å². The van der Waals surface area contributed by atoms with Crippen molar-refractivity contribution in [2.75, 3.05) is 39.3 Å². The van der Waals surface area contributed by atoms with E-state index in [0.29, 0.717) is 38.3 Å². The lowest BCUT2D eigenvalue weighted by molar-refractivity contribution is 0.0699. The average Bonchev–Trinajstić information content (AvgIpc) is 2.94. The zero-order valence-electron chi connectivity index (χ0n) is 15.9. The van der Waals surface area contributed by atoms with Crippen LogP contribution in [0.1, 0.15) is 6.42 Å². The summed E-state index contributed by atoms with van der Waals surface area (Å²) in [4.78, 5) is 2.05. The van der Waals surface area contributed by atoms with Gasteiger partial charge in [0.15, 0.2) is 0 Å². The Kier molecular flexibility index (Phi) is 7.18. The largest absolute Gasteiger partial charge is 0.491 e. The van der Waals surface area contributed by atoms with Gasteiger partial charge in [-0.05, 0) is 61.5 Å². The molecule has 1 atom stereocenters. The van der Waals surface area contributed by atoms with Crippen LogP contribution in [0.5, 0.6) is 5.75 Å². The van der Waals surface area contributed by atoms with Gasteiger partial charge in [0, 0.05) is 26.2 Å². The number of β-amino-alcohol motifs (C(OH)–C–C–N with tert-alkyl or cyclic N) is 1. The summed E-state index contributed by atoms with van der Waals surface area (Å²) >= 11 is 0. The molecule has 6 nitrogen and oxygen atoms in total. The summed E-state index contributed by atoms with van der Waals surface area (Å²) in [5, 5.41) is 10.2. The molecule has 0 radical (unpaired) electrons. The second kappa shape index (κ2) is 9.62. The van der Waals surface area contributed by atoms with Crippen LogP contribution >= 0.6 is 0 Å². The number of nitrogens with zero attached hydrogens (tertiary/aromatic N) is 2. The average molecular weight is 426 g/mol. The van der Waals surface area contributed by atoms with Gasteiger partial charge >= 0.3 is 0 Å². The zero-order chi connectivity index (χ0) is 20.9. The SMILES string of the molecule is O=S(=O)(c1ccc(F)cc1)N1CCCN(CC(O)COc2ccc(F)cc2)CC1. The molecular weight excluding hydrogens is 402 g/mol. The summed E-state index contributed by atoms with van der Waals surface area (Å²) in [7, 11) is -3.68. The molecule has 1 fully saturated rings. The van der Waals surface area contributed by atoms with E-state index in [0.717, 1.165) is 12.1 Å². The Balaban J connectivity index is 1.51. The number of hydrogen-bond donors (Lipinski definition) is 1. The van der Waals surface area contributed by atoms with Gasteiger partial charge < -0.3 is 9.84 Å². The highest BCUT2D eigenvalue weighted by Gasteiger charge is 2.27. The maximum Gasteiger partial charge on any atom is 0.243 e. The molecule has 0 saturated carbocycles. The maximum atomic E-state index is 13.1. The summed E-state index contributed by atoms with van der Waals surface area (Å²) in [5.41, 5.74) is 0. The summed E-state index contributed by atoms with van der Waals surface area (Å²) in [6.07, 6.45) is -0.147. The van der Waals surface area contributed by atoms with Gasteiger partial charge in [-0.1, -0.05) is 0 Å². The van der Waals surface area contributed by atoms with Crippen molar-refractivity contribution in [2.45, 2.75) is 17.4 Å². The van der Waals surface area contributed by atoms with Crippen molar-refractivity contribution in [2.24, 2.45) is 0 Å². The normalized spacial score (nSPS) is 17.6. The molecule has 1 aliphatic heterocycles. The van der Waals surface area contributed by atoms with Crippen molar-refractivity contribution in [1.82, 2.24) is 9.21 Å². The van der Waals surface area contributed by atoms with Crippen LogP contribution in [0.4, 0.5) is 8.78 Å². The molecule has 1 saturated heterocycles. The van der Waals surface area contributed by atoms with E-state index in [9.17, 15) is 22.3 Å². The second-order valence-corrected chi connectivity index (χ2v) is 8.87. The fraction of sp³-hybridized carbons (Fsp3) is 0.400. The monoisotopic (exact) mass is 426 g/mol. The van der Waals surface area contributed by atoms with Crippen LogP contribution < -0.4 is 4.74 Å². The molecule has 2 aromatic carbocycles. The molecule has 1 unspecified atom stereocenters. The van der Waals surface area contributed by atoms with E-state index in [1.165, 1.54) is 40.7 Å². The third kappa shape index (κ3) is 5.96. The highest BCUT2D eigenvalue weighted by Crippen LogP contribution is 2.18. The van der Waals surface area contributed by atoms with E-state index in [1.807, 2.05) is 4.90 Å². The first-order valence-electron chi connectivity index (χ1n) is 9.39. The van der Waals surface area contributed by atoms with Gasteiger partial charge in [0.1, 0.15) is 30.1 Å². The number of rotatable bonds is 7. The van der Waals surface area contributed by atoms with Crippen molar-refractivity contribution in [3.63, 3.8) is 0 Å². The van der Waals surface area contributed by atoms with Crippen molar-refractivity contribution in [3.8, 4) is 5.75 Å². The number of sulfonamides is 1. The number of benzene rings is 2. The first-order valence-corrected chi connectivity index (χ1v) is 10.8. The van der Waals surface area contributed by atoms with E-state index in [-0.39, 0.29) is 23.9 Å². The van der Waals surface area contributed by atoms with Crippen LogP contribution in [0, 0.1) is 11.6 Å². The third-order valence-corrected chi connectivity index (χ3v) is 6.64. The lowest BCUT2D eigenvalue weighted by atomic mass is 10.3. The Morgan fingerprint density at radius 3 is 2.21 bits per heavy atom. The number of ether oxygens (including phenoxy) is 1. The number of aliphatic hydroxyl groups is 1. The summed E-state index contributed by atoms with van der Waals surface area (Å²) in [6.45, 7) is 2.14. The predicted octanol–water partition coefficient (Wildman–Crippen LogP) is 2.10. The Morgan fingerprint density at radius 2 is 1.55 bits per heavy atom. The smallest absolute Gasteiger partial charge is 0.243 e. The molecule has 1 aliphatic rings. The minimum atomic E-state index is -3.68. The minimum absolute atomic E-state index is 0.0553. The summed E-state index contributed by atoms with van der Waals surface area (Å²) < 4.78 is 58.3. The fourth-order valence-electron chi connectivity index (χ4n) is 3.20. The van der Waals surface area contributed by atoms with Gasteiger partial charge in [0.25, 0.3) is 0 Å². The van der Waals surface area contributed by atoms with Crippen LogP contribution in [-0.4, -0.2) is 68.2 Å². The van der Waals surface area contributed by atoms with Crippen molar-refractivity contribution < 1.29 is 27.0 Å². The second-order valence-electron chi connectivity index (χ2n) is 6.93. The lowest BCUT2D eigenvalue weighted by Crippen LogP contribution is -2.39. The first-order chi connectivity index (χ1) is 13.8. The zero-order valence-corrected chi connectivity index (χ0v) is 16.7. The summed E-state index contributed by atoms with van der Waals surface area (Å²) in [5.74, 6) is -0.372. The van der Waals surface area contributed by atoms with E-state index in [4.69, 9.17) is 4.74 Å². The molecule has 9 heteroatoms. The highest BCUT2D eigenvalue weighted by atomic mass is 32.2. The molecule has 1 N–H and O–H groups in total. The predicted molar refractivity (Wildman–Crippen MR) is 104 cm³/mol. The lowest BCUT2D eigenvalue weighted by Gasteiger charge is -2.24. The molecule has 0 amide bonds. The molecule has 0 aromatic heterocycles. The Hall–Kier alpha value is -2.07. The molecular formula is C20H24F2N2O4S. The molecule has 158 valence electrons. The molecule has 2 aromatic rings. The highest BCUT2D eigenvalue weighted by molar-refractivity contribution is 7.89. The van der Waals surface area contributed by atoms with Crippen LogP contribution in [-0.2, 0) is 10.0 Å². The fourth-order valence-corrected chi connectivity index (χ4v) is 4.67. The molecule has 0 bridgehead atoms. The standard InChI is InChI=1S/C20H24F2N2O4S/c21-16-2-6-19(7-3-16)28-15-18(25)14-23-10-1-11-24(13-12-23)29(26,27)20-8-4-17(22)5-9-20/h2-9,18,25H,1,10-15H2. The minimum Gasteiger partial charge on any atom is -0.491 e. The van der Waals surface area contributed by atoms with E-state index in [1.54, 1.807) is 0 Å². The van der Waals surface area contributed by atoms with Gasteiger partial charge in [0.05, 0.1) is 4.90 Å².